The van der Waals surface area contributed by atoms with Gasteiger partial charge in [-0.25, -0.2) is 0 Å². The van der Waals surface area contributed by atoms with E-state index in [1.807, 2.05) is 32.9 Å². The number of carbonyl (C=O) groups is 2. The van der Waals surface area contributed by atoms with Crippen LogP contribution in [-0.2, 0) is 4.79 Å². The standard InChI is InChI=1S/C15H16BrN3O2S2/c1-15(2,3)12(21)17-13-18-19-14(23-13)22-8-11(20)9-4-6-10(16)7-5-9/h4-7H,8H2,1-3H3,(H,17,18,21). The third kappa shape index (κ3) is 5.40. The molecule has 5 nitrogen and oxygen atoms in total. The Morgan fingerprint density at radius 1 is 1.22 bits per heavy atom. The van der Waals surface area contributed by atoms with Crippen LogP contribution in [0.4, 0.5) is 5.13 Å². The Morgan fingerprint density at radius 2 is 1.87 bits per heavy atom. The van der Waals surface area contributed by atoms with Crippen molar-refractivity contribution in [2.24, 2.45) is 5.41 Å². The van der Waals surface area contributed by atoms with E-state index < -0.39 is 5.41 Å². The first-order valence-corrected chi connectivity index (χ1v) is 9.42. The fourth-order valence-corrected chi connectivity index (χ4v) is 3.36. The summed E-state index contributed by atoms with van der Waals surface area (Å²) in [6.07, 6.45) is 0. The third-order valence-corrected chi connectivity index (χ3v) is 5.30. The van der Waals surface area contributed by atoms with Crippen LogP contribution in [-0.4, -0.2) is 27.6 Å². The molecule has 23 heavy (non-hydrogen) atoms. The first kappa shape index (κ1) is 18.1. The summed E-state index contributed by atoms with van der Waals surface area (Å²) in [4.78, 5) is 24.0. The summed E-state index contributed by atoms with van der Waals surface area (Å²) in [6.45, 7) is 5.49. The number of ketones is 1. The summed E-state index contributed by atoms with van der Waals surface area (Å²) in [6, 6.07) is 7.23. The van der Waals surface area contributed by atoms with E-state index in [9.17, 15) is 9.59 Å². The van der Waals surface area contributed by atoms with Gasteiger partial charge in [0.15, 0.2) is 10.1 Å². The lowest BCUT2D eigenvalue weighted by atomic mass is 9.96. The van der Waals surface area contributed by atoms with Crippen molar-refractivity contribution < 1.29 is 9.59 Å². The predicted octanol–water partition coefficient (Wildman–Crippen LogP) is 4.26. The van der Waals surface area contributed by atoms with Crippen LogP contribution >= 0.6 is 39.0 Å². The van der Waals surface area contributed by atoms with Gasteiger partial charge in [0.1, 0.15) is 0 Å². The minimum Gasteiger partial charge on any atom is -0.300 e. The van der Waals surface area contributed by atoms with E-state index in [1.165, 1.54) is 23.1 Å². The van der Waals surface area contributed by atoms with Crippen molar-refractivity contribution in [3.63, 3.8) is 0 Å². The Labute approximate surface area is 151 Å². The third-order valence-electron chi connectivity index (χ3n) is 2.80. The number of hydrogen-bond acceptors (Lipinski definition) is 6. The monoisotopic (exact) mass is 413 g/mol. The molecular weight excluding hydrogens is 398 g/mol. The number of amides is 1. The molecule has 0 aliphatic carbocycles. The number of benzene rings is 1. The highest BCUT2D eigenvalue weighted by molar-refractivity contribution is 9.10. The molecule has 122 valence electrons. The summed E-state index contributed by atoms with van der Waals surface area (Å²) in [5.41, 5.74) is 0.169. The van der Waals surface area contributed by atoms with E-state index in [0.29, 0.717) is 15.0 Å². The highest BCUT2D eigenvalue weighted by Crippen LogP contribution is 2.27. The van der Waals surface area contributed by atoms with E-state index >= 15 is 0 Å². The Hall–Kier alpha value is -1.25. The van der Waals surface area contributed by atoms with Gasteiger partial charge < -0.3 is 5.32 Å². The second kappa shape index (κ2) is 7.55. The molecule has 1 N–H and O–H groups in total. The molecule has 0 radical (unpaired) electrons. The fourth-order valence-electron chi connectivity index (χ4n) is 1.45. The molecule has 0 bridgehead atoms. The summed E-state index contributed by atoms with van der Waals surface area (Å²) in [5.74, 6) is 0.192. The van der Waals surface area contributed by atoms with Gasteiger partial charge in [-0.2, -0.15) is 0 Å². The van der Waals surface area contributed by atoms with Gasteiger partial charge in [-0.15, -0.1) is 10.2 Å². The van der Waals surface area contributed by atoms with Crippen LogP contribution in [0.1, 0.15) is 31.1 Å². The van der Waals surface area contributed by atoms with E-state index in [2.05, 4.69) is 31.4 Å². The van der Waals surface area contributed by atoms with Gasteiger partial charge >= 0.3 is 0 Å². The molecule has 0 atom stereocenters. The minimum absolute atomic E-state index is 0.0259. The van der Waals surface area contributed by atoms with Crippen LogP contribution in [0.25, 0.3) is 0 Å². The molecule has 1 aromatic heterocycles. The molecule has 1 heterocycles. The number of hydrogen-bond donors (Lipinski definition) is 1. The highest BCUT2D eigenvalue weighted by atomic mass is 79.9. The van der Waals surface area contributed by atoms with Crippen LogP contribution in [0, 0.1) is 5.41 Å². The molecule has 1 amide bonds. The molecule has 0 unspecified atom stereocenters. The Kier molecular flexibility index (Phi) is 5.94. The maximum absolute atomic E-state index is 12.1. The van der Waals surface area contributed by atoms with Gasteiger partial charge in [-0.3, -0.25) is 9.59 Å². The van der Waals surface area contributed by atoms with E-state index in [4.69, 9.17) is 0 Å². The zero-order chi connectivity index (χ0) is 17.0. The number of aromatic nitrogens is 2. The van der Waals surface area contributed by atoms with Gasteiger partial charge in [0.2, 0.25) is 11.0 Å². The maximum atomic E-state index is 12.1. The summed E-state index contributed by atoms with van der Waals surface area (Å²) in [7, 11) is 0. The van der Waals surface area contributed by atoms with Crippen LogP contribution in [0.5, 0.6) is 0 Å². The van der Waals surface area contributed by atoms with E-state index in [-0.39, 0.29) is 17.4 Å². The molecule has 0 saturated heterocycles. The first-order valence-electron chi connectivity index (χ1n) is 6.82. The molecule has 0 aliphatic heterocycles. The molecule has 0 aliphatic rings. The second-order valence-corrected chi connectivity index (χ2v) is 8.91. The second-order valence-electron chi connectivity index (χ2n) is 5.80. The number of carbonyl (C=O) groups excluding carboxylic acids is 2. The van der Waals surface area contributed by atoms with Crippen molar-refractivity contribution in [1.82, 2.24) is 10.2 Å². The number of anilines is 1. The molecule has 2 aromatic rings. The quantitative estimate of drug-likeness (QED) is 0.450. The van der Waals surface area contributed by atoms with Gasteiger partial charge in [-0.05, 0) is 12.1 Å². The normalized spacial score (nSPS) is 11.3. The van der Waals surface area contributed by atoms with Crippen molar-refractivity contribution in [2.75, 3.05) is 11.1 Å². The average molecular weight is 414 g/mol. The summed E-state index contributed by atoms with van der Waals surface area (Å²) >= 11 is 5.92. The number of Topliss-reactive ketones (excluding diaryl/α,β-unsaturated/α-hetero) is 1. The number of nitrogens with one attached hydrogen (secondary N) is 1. The Bertz CT molecular complexity index is 708. The average Bonchev–Trinajstić information content (AvgIpc) is 2.92. The van der Waals surface area contributed by atoms with Crippen LogP contribution in [0.2, 0.25) is 0 Å². The fraction of sp³-hybridized carbons (Fsp3) is 0.333. The van der Waals surface area contributed by atoms with Gasteiger partial charge in [0, 0.05) is 15.5 Å². The van der Waals surface area contributed by atoms with Crippen molar-refractivity contribution >= 4 is 55.9 Å². The topological polar surface area (TPSA) is 72.0 Å². The Morgan fingerprint density at radius 3 is 2.48 bits per heavy atom. The molecule has 0 spiro atoms. The molecule has 0 saturated carbocycles. The van der Waals surface area contributed by atoms with Crippen LogP contribution in [0.3, 0.4) is 0 Å². The minimum atomic E-state index is -0.490. The van der Waals surface area contributed by atoms with Gasteiger partial charge in [0.05, 0.1) is 5.75 Å². The molecule has 1 aromatic carbocycles. The molecule has 0 fully saturated rings. The predicted molar refractivity (Wildman–Crippen MR) is 97.2 cm³/mol. The summed E-state index contributed by atoms with van der Waals surface area (Å²) < 4.78 is 1.59. The lowest BCUT2D eigenvalue weighted by molar-refractivity contribution is -0.123. The largest absolute Gasteiger partial charge is 0.300 e. The number of nitrogens with zero attached hydrogens (tertiary/aromatic N) is 2. The number of thioether (sulfide) groups is 1. The lowest BCUT2D eigenvalue weighted by Gasteiger charge is -2.15. The maximum Gasteiger partial charge on any atom is 0.231 e. The van der Waals surface area contributed by atoms with Crippen LogP contribution < -0.4 is 5.32 Å². The smallest absolute Gasteiger partial charge is 0.231 e. The zero-order valence-corrected chi connectivity index (χ0v) is 16.1. The SMILES string of the molecule is CC(C)(C)C(=O)Nc1nnc(SCC(=O)c2ccc(Br)cc2)s1. The first-order chi connectivity index (χ1) is 10.8. The molecular formula is C15H16BrN3O2S2. The highest BCUT2D eigenvalue weighted by Gasteiger charge is 2.22. The van der Waals surface area contributed by atoms with Crippen molar-refractivity contribution in [3.8, 4) is 0 Å². The Balaban J connectivity index is 1.91. The number of halogens is 1. The summed E-state index contributed by atoms with van der Waals surface area (Å²) in [5, 5.41) is 11.1. The number of rotatable bonds is 5. The van der Waals surface area contributed by atoms with Crippen LogP contribution in [0.15, 0.2) is 33.1 Å². The molecule has 8 heteroatoms. The lowest BCUT2D eigenvalue weighted by Crippen LogP contribution is -2.27. The van der Waals surface area contributed by atoms with E-state index in [1.54, 1.807) is 12.1 Å². The van der Waals surface area contributed by atoms with E-state index in [0.717, 1.165) is 4.47 Å². The van der Waals surface area contributed by atoms with Gasteiger partial charge in [-0.1, -0.05) is 71.9 Å². The van der Waals surface area contributed by atoms with Crippen molar-refractivity contribution in [3.05, 3.63) is 34.3 Å². The zero-order valence-electron chi connectivity index (χ0n) is 12.9. The molecule has 2 rings (SSSR count). The van der Waals surface area contributed by atoms with Gasteiger partial charge in [0.25, 0.3) is 0 Å². The van der Waals surface area contributed by atoms with Crippen molar-refractivity contribution in [2.45, 2.75) is 25.1 Å². The van der Waals surface area contributed by atoms with Crippen molar-refractivity contribution in [1.29, 1.82) is 0 Å².